The highest BCUT2D eigenvalue weighted by Gasteiger charge is 2.17. The number of nitrogens with zero attached hydrogens (tertiary/aromatic N) is 1. The fraction of sp³-hybridized carbons (Fsp3) is 0. The number of para-hydroxylation sites is 1. The average molecular weight is 313 g/mol. The predicted molar refractivity (Wildman–Crippen MR) is 73.5 cm³/mol. The minimum atomic E-state index is -3.92. The molecule has 0 saturated heterocycles. The van der Waals surface area contributed by atoms with Gasteiger partial charge in [0.2, 0.25) is 0 Å². The van der Waals surface area contributed by atoms with Crippen LogP contribution in [-0.2, 0) is 10.0 Å². The second kappa shape index (κ2) is 5.48. The highest BCUT2D eigenvalue weighted by atomic mass is 35.5. The third kappa shape index (κ3) is 3.06. The second-order valence-electron chi connectivity index (χ2n) is 3.78. The first-order valence-corrected chi connectivity index (χ1v) is 7.23. The number of carboxylic acid groups (broad SMARTS) is 1. The number of hydrogen-bond donors (Lipinski definition) is 2. The molecule has 0 atom stereocenters. The third-order valence-corrected chi connectivity index (χ3v) is 3.99. The van der Waals surface area contributed by atoms with Crippen molar-refractivity contribution in [3.05, 3.63) is 53.2 Å². The number of carboxylic acids is 1. The molecule has 2 N–H and O–H groups in total. The first kappa shape index (κ1) is 14.3. The van der Waals surface area contributed by atoms with Gasteiger partial charge in [-0.3, -0.25) is 4.72 Å². The lowest BCUT2D eigenvalue weighted by Crippen LogP contribution is -2.15. The number of pyridine rings is 1. The molecule has 0 bridgehead atoms. The van der Waals surface area contributed by atoms with Crippen LogP contribution >= 0.6 is 11.6 Å². The summed E-state index contributed by atoms with van der Waals surface area (Å²) >= 11 is 5.86. The first-order chi connectivity index (χ1) is 9.40. The van der Waals surface area contributed by atoms with Crippen molar-refractivity contribution in [2.75, 3.05) is 4.72 Å². The number of rotatable bonds is 4. The van der Waals surface area contributed by atoms with Gasteiger partial charge in [-0.05, 0) is 24.3 Å². The summed E-state index contributed by atoms with van der Waals surface area (Å²) in [6.07, 6.45) is 0.976. The van der Waals surface area contributed by atoms with Crippen LogP contribution in [0.25, 0.3) is 0 Å². The number of aromatic carboxylic acids is 1. The van der Waals surface area contributed by atoms with Gasteiger partial charge in [-0.2, -0.15) is 8.42 Å². The Balaban J connectivity index is 2.31. The molecule has 0 aliphatic rings. The molecule has 20 heavy (non-hydrogen) atoms. The van der Waals surface area contributed by atoms with Gasteiger partial charge in [-0.15, -0.1) is 0 Å². The smallest absolute Gasteiger partial charge is 0.337 e. The number of nitrogens with one attached hydrogen (secondary N) is 1. The Morgan fingerprint density at radius 3 is 2.45 bits per heavy atom. The zero-order valence-corrected chi connectivity index (χ0v) is 11.5. The van der Waals surface area contributed by atoms with E-state index in [2.05, 4.69) is 9.71 Å². The Morgan fingerprint density at radius 2 is 1.90 bits per heavy atom. The van der Waals surface area contributed by atoms with E-state index < -0.39 is 16.0 Å². The monoisotopic (exact) mass is 312 g/mol. The van der Waals surface area contributed by atoms with Crippen LogP contribution in [0.5, 0.6) is 0 Å². The minimum absolute atomic E-state index is 0.0957. The molecule has 0 spiro atoms. The van der Waals surface area contributed by atoms with Gasteiger partial charge in [0.15, 0.2) is 5.03 Å². The molecule has 0 saturated carbocycles. The van der Waals surface area contributed by atoms with Crippen molar-refractivity contribution in [3.8, 4) is 0 Å². The molecule has 2 aromatic rings. The van der Waals surface area contributed by atoms with E-state index in [1.165, 1.54) is 6.07 Å². The largest absolute Gasteiger partial charge is 0.478 e. The van der Waals surface area contributed by atoms with E-state index >= 15 is 0 Å². The van der Waals surface area contributed by atoms with Crippen LogP contribution in [-0.4, -0.2) is 24.5 Å². The van der Waals surface area contributed by atoms with Crippen molar-refractivity contribution in [2.45, 2.75) is 5.03 Å². The molecule has 0 aliphatic carbocycles. The van der Waals surface area contributed by atoms with Crippen LogP contribution in [0.1, 0.15) is 10.4 Å². The van der Waals surface area contributed by atoms with Crippen LogP contribution < -0.4 is 4.72 Å². The maximum Gasteiger partial charge on any atom is 0.337 e. The zero-order valence-electron chi connectivity index (χ0n) is 9.95. The maximum absolute atomic E-state index is 12.1. The van der Waals surface area contributed by atoms with Crippen molar-refractivity contribution < 1.29 is 18.3 Å². The van der Waals surface area contributed by atoms with Crippen molar-refractivity contribution >= 4 is 33.3 Å². The molecule has 1 aromatic heterocycles. The van der Waals surface area contributed by atoms with E-state index in [9.17, 15) is 13.2 Å². The maximum atomic E-state index is 12.1. The lowest BCUT2D eigenvalue weighted by Gasteiger charge is -2.08. The quantitative estimate of drug-likeness (QED) is 0.902. The van der Waals surface area contributed by atoms with Crippen LogP contribution in [0, 0.1) is 0 Å². The predicted octanol–water partition coefficient (Wildman–Crippen LogP) is 2.23. The summed E-state index contributed by atoms with van der Waals surface area (Å²) in [7, 11) is -3.92. The summed E-state index contributed by atoms with van der Waals surface area (Å²) < 4.78 is 26.4. The summed E-state index contributed by atoms with van der Waals surface area (Å²) in [6, 6.07) is 8.62. The Hall–Kier alpha value is -2.12. The van der Waals surface area contributed by atoms with E-state index in [0.29, 0.717) is 0 Å². The molecule has 1 aromatic carbocycles. The Labute approximate surface area is 120 Å². The number of hydrogen-bond acceptors (Lipinski definition) is 4. The molecule has 1 heterocycles. The fourth-order valence-corrected chi connectivity index (χ4v) is 2.66. The summed E-state index contributed by atoms with van der Waals surface area (Å²) in [6.45, 7) is 0. The molecule has 0 unspecified atom stereocenters. The SMILES string of the molecule is O=C(O)c1ccc(S(=O)(=O)Nc2ccccc2Cl)nc1. The molecule has 8 heteroatoms. The topological polar surface area (TPSA) is 96.4 Å². The third-order valence-electron chi connectivity index (χ3n) is 2.38. The molecular formula is C12H9ClN2O4S. The zero-order chi connectivity index (χ0) is 14.8. The normalized spacial score (nSPS) is 11.1. The number of benzene rings is 1. The molecule has 6 nitrogen and oxygen atoms in total. The molecule has 2 rings (SSSR count). The van der Waals surface area contributed by atoms with Gasteiger partial charge in [0, 0.05) is 6.20 Å². The molecule has 104 valence electrons. The number of sulfonamides is 1. The van der Waals surface area contributed by atoms with Gasteiger partial charge in [-0.1, -0.05) is 23.7 Å². The van der Waals surface area contributed by atoms with E-state index in [0.717, 1.165) is 18.3 Å². The van der Waals surface area contributed by atoms with Crippen molar-refractivity contribution in [3.63, 3.8) is 0 Å². The van der Waals surface area contributed by atoms with Crippen LogP contribution in [0.4, 0.5) is 5.69 Å². The van der Waals surface area contributed by atoms with E-state index in [4.69, 9.17) is 16.7 Å². The molecular weight excluding hydrogens is 304 g/mol. The number of carbonyl (C=O) groups is 1. The lowest BCUT2D eigenvalue weighted by molar-refractivity contribution is 0.0696. The van der Waals surface area contributed by atoms with Gasteiger partial charge < -0.3 is 5.11 Å². The van der Waals surface area contributed by atoms with Gasteiger partial charge in [0.25, 0.3) is 10.0 Å². The summed E-state index contributed by atoms with van der Waals surface area (Å²) in [5.41, 5.74) is 0.125. The summed E-state index contributed by atoms with van der Waals surface area (Å²) in [4.78, 5) is 14.3. The first-order valence-electron chi connectivity index (χ1n) is 5.37. The van der Waals surface area contributed by atoms with Crippen molar-refractivity contribution in [1.29, 1.82) is 0 Å². The van der Waals surface area contributed by atoms with E-state index in [1.54, 1.807) is 18.2 Å². The van der Waals surface area contributed by atoms with Gasteiger partial charge in [0.1, 0.15) is 0 Å². The number of halogens is 1. The van der Waals surface area contributed by atoms with E-state index in [1.807, 2.05) is 0 Å². The van der Waals surface area contributed by atoms with Gasteiger partial charge in [0.05, 0.1) is 16.3 Å². The Kier molecular flexibility index (Phi) is 3.91. The molecule has 0 fully saturated rings. The summed E-state index contributed by atoms with van der Waals surface area (Å²) in [5.74, 6) is -1.18. The fourth-order valence-electron chi connectivity index (χ4n) is 1.41. The highest BCUT2D eigenvalue weighted by molar-refractivity contribution is 7.92. The second-order valence-corrected chi connectivity index (χ2v) is 5.81. The Bertz CT molecular complexity index is 744. The number of anilines is 1. The van der Waals surface area contributed by atoms with Crippen LogP contribution in [0.3, 0.4) is 0 Å². The average Bonchev–Trinajstić information content (AvgIpc) is 2.41. The molecule has 0 amide bonds. The van der Waals surface area contributed by atoms with E-state index in [-0.39, 0.29) is 21.3 Å². The van der Waals surface area contributed by atoms with Crippen LogP contribution in [0.2, 0.25) is 5.02 Å². The number of aromatic nitrogens is 1. The molecule has 0 radical (unpaired) electrons. The molecule has 0 aliphatic heterocycles. The standard InChI is InChI=1S/C12H9ClN2O4S/c13-9-3-1-2-4-10(9)15-20(18,19)11-6-5-8(7-14-11)12(16)17/h1-7,15H,(H,16,17). The van der Waals surface area contributed by atoms with Crippen molar-refractivity contribution in [1.82, 2.24) is 4.98 Å². The van der Waals surface area contributed by atoms with Crippen LogP contribution in [0.15, 0.2) is 47.6 Å². The van der Waals surface area contributed by atoms with Crippen molar-refractivity contribution in [2.24, 2.45) is 0 Å². The lowest BCUT2D eigenvalue weighted by atomic mass is 10.3. The Morgan fingerprint density at radius 1 is 1.20 bits per heavy atom. The highest BCUT2D eigenvalue weighted by Crippen LogP contribution is 2.23. The summed E-state index contributed by atoms with van der Waals surface area (Å²) in [5, 5.41) is 8.69. The minimum Gasteiger partial charge on any atom is -0.478 e. The van der Waals surface area contributed by atoms with Gasteiger partial charge in [-0.25, -0.2) is 9.78 Å². The van der Waals surface area contributed by atoms with Gasteiger partial charge >= 0.3 is 5.97 Å².